The normalized spacial score (nSPS) is 11.0. The van der Waals surface area contributed by atoms with Crippen LogP contribution in [0, 0.1) is 11.7 Å². The minimum Gasteiger partial charge on any atom is -0.497 e. The highest BCUT2D eigenvalue weighted by atomic mass is 32.1. The molecule has 0 spiro atoms. The molecular formula is C20H23N3OS. The molecule has 0 atom stereocenters. The summed E-state index contributed by atoms with van der Waals surface area (Å²) in [5, 5.41) is 0. The maximum absolute atomic E-state index is 5.64. The van der Waals surface area contributed by atoms with E-state index in [-0.39, 0.29) is 0 Å². The van der Waals surface area contributed by atoms with Crippen LogP contribution in [0.1, 0.15) is 11.1 Å². The Hall–Kier alpha value is -2.37. The van der Waals surface area contributed by atoms with Gasteiger partial charge in [-0.1, -0.05) is 29.8 Å². The van der Waals surface area contributed by atoms with Crippen LogP contribution in [0.4, 0.5) is 0 Å². The summed E-state index contributed by atoms with van der Waals surface area (Å²) < 4.78 is 10.1. The van der Waals surface area contributed by atoms with E-state index in [1.54, 1.807) is 7.11 Å². The third kappa shape index (κ3) is 4.18. The fourth-order valence-electron chi connectivity index (χ4n) is 2.78. The second-order valence-electron chi connectivity index (χ2n) is 6.26. The van der Waals surface area contributed by atoms with Crippen LogP contribution in [0.2, 0.25) is 0 Å². The zero-order valence-electron chi connectivity index (χ0n) is 14.8. The third-order valence-electron chi connectivity index (χ3n) is 4.16. The molecule has 0 bridgehead atoms. The zero-order chi connectivity index (χ0) is 17.8. The van der Waals surface area contributed by atoms with Gasteiger partial charge in [-0.2, -0.15) is 0 Å². The molecule has 3 rings (SSSR count). The van der Waals surface area contributed by atoms with Crippen molar-refractivity contribution < 1.29 is 4.74 Å². The lowest BCUT2D eigenvalue weighted by Gasteiger charge is -2.17. The maximum atomic E-state index is 5.64. The molecule has 0 aliphatic carbocycles. The maximum Gasteiger partial charge on any atom is 0.185 e. The molecule has 3 aromatic rings. The highest BCUT2D eigenvalue weighted by molar-refractivity contribution is 7.71. The SMILES string of the molecule is COc1ccc(-n2ccn(CN(C)Cc3ccc(C)cc3)c2=S)cc1. The number of rotatable bonds is 6. The fourth-order valence-corrected chi connectivity index (χ4v) is 3.06. The smallest absolute Gasteiger partial charge is 0.185 e. The van der Waals surface area contributed by atoms with Gasteiger partial charge in [-0.25, -0.2) is 0 Å². The van der Waals surface area contributed by atoms with E-state index in [9.17, 15) is 0 Å². The molecule has 0 radical (unpaired) electrons. The molecule has 0 saturated carbocycles. The fraction of sp³-hybridized carbons (Fsp3) is 0.250. The molecule has 5 heteroatoms. The number of hydrogen-bond acceptors (Lipinski definition) is 3. The first-order valence-electron chi connectivity index (χ1n) is 8.23. The molecule has 130 valence electrons. The summed E-state index contributed by atoms with van der Waals surface area (Å²) in [5.41, 5.74) is 3.62. The highest BCUT2D eigenvalue weighted by Crippen LogP contribution is 2.16. The van der Waals surface area contributed by atoms with E-state index in [4.69, 9.17) is 17.0 Å². The summed E-state index contributed by atoms with van der Waals surface area (Å²) in [4.78, 5) is 2.25. The lowest BCUT2D eigenvalue weighted by atomic mass is 10.1. The first-order valence-corrected chi connectivity index (χ1v) is 8.64. The Morgan fingerprint density at radius 2 is 1.68 bits per heavy atom. The molecule has 0 aliphatic rings. The van der Waals surface area contributed by atoms with Crippen molar-refractivity contribution in [2.24, 2.45) is 0 Å². The Morgan fingerprint density at radius 1 is 1.00 bits per heavy atom. The molecule has 2 aromatic carbocycles. The van der Waals surface area contributed by atoms with Crippen LogP contribution in [0.25, 0.3) is 5.69 Å². The number of aromatic nitrogens is 2. The van der Waals surface area contributed by atoms with Crippen molar-refractivity contribution in [2.45, 2.75) is 20.1 Å². The molecule has 0 amide bonds. The average Bonchev–Trinajstić information content (AvgIpc) is 2.97. The van der Waals surface area contributed by atoms with Gasteiger partial charge in [0.1, 0.15) is 5.75 Å². The molecule has 1 heterocycles. The van der Waals surface area contributed by atoms with E-state index >= 15 is 0 Å². The van der Waals surface area contributed by atoms with Crippen LogP contribution in [-0.2, 0) is 13.2 Å². The number of nitrogens with zero attached hydrogens (tertiary/aromatic N) is 3. The molecule has 0 unspecified atom stereocenters. The van der Waals surface area contributed by atoms with E-state index < -0.39 is 0 Å². The lowest BCUT2D eigenvalue weighted by Crippen LogP contribution is -2.21. The van der Waals surface area contributed by atoms with Crippen molar-refractivity contribution in [1.82, 2.24) is 14.0 Å². The van der Waals surface area contributed by atoms with Gasteiger partial charge in [0.25, 0.3) is 0 Å². The van der Waals surface area contributed by atoms with E-state index in [1.807, 2.05) is 41.2 Å². The highest BCUT2D eigenvalue weighted by Gasteiger charge is 2.06. The zero-order valence-corrected chi connectivity index (χ0v) is 15.7. The Kier molecular flexibility index (Phi) is 5.36. The van der Waals surface area contributed by atoms with Crippen LogP contribution in [0.5, 0.6) is 5.75 Å². The standard InChI is InChI=1S/C20H23N3OS/c1-16-4-6-17(7-5-16)14-21(2)15-22-12-13-23(20(22)25)18-8-10-19(24-3)11-9-18/h4-13H,14-15H2,1-3H3. The molecular weight excluding hydrogens is 330 g/mol. The summed E-state index contributed by atoms with van der Waals surface area (Å²) >= 11 is 5.64. The monoisotopic (exact) mass is 353 g/mol. The van der Waals surface area contributed by atoms with Gasteiger partial charge in [-0.15, -0.1) is 0 Å². The van der Waals surface area contributed by atoms with Gasteiger partial charge in [0.05, 0.1) is 13.8 Å². The molecule has 0 N–H and O–H groups in total. The summed E-state index contributed by atoms with van der Waals surface area (Å²) in [6.45, 7) is 3.74. The van der Waals surface area contributed by atoms with E-state index in [0.717, 1.165) is 29.4 Å². The molecule has 0 saturated heterocycles. The number of ether oxygens (including phenoxy) is 1. The Bertz CT molecular complexity index is 879. The molecule has 0 fully saturated rings. The van der Waals surface area contributed by atoms with Gasteiger partial charge in [0.15, 0.2) is 4.77 Å². The van der Waals surface area contributed by atoms with Gasteiger partial charge in [0, 0.05) is 24.6 Å². The summed E-state index contributed by atoms with van der Waals surface area (Å²) in [5.74, 6) is 0.840. The molecule has 25 heavy (non-hydrogen) atoms. The van der Waals surface area contributed by atoms with Crippen LogP contribution < -0.4 is 4.74 Å². The molecule has 0 aliphatic heterocycles. The number of imidazole rings is 1. The topological polar surface area (TPSA) is 22.3 Å². The van der Waals surface area contributed by atoms with Gasteiger partial charge in [-0.05, 0) is 56.0 Å². The van der Waals surface area contributed by atoms with Gasteiger partial charge < -0.3 is 9.30 Å². The molecule has 4 nitrogen and oxygen atoms in total. The first kappa shape index (κ1) is 17.5. The third-order valence-corrected chi connectivity index (χ3v) is 4.60. The first-order chi connectivity index (χ1) is 12.1. The second-order valence-corrected chi connectivity index (χ2v) is 6.62. The van der Waals surface area contributed by atoms with Crippen molar-refractivity contribution in [2.75, 3.05) is 14.2 Å². The summed E-state index contributed by atoms with van der Waals surface area (Å²) in [6, 6.07) is 16.5. The van der Waals surface area contributed by atoms with Crippen LogP contribution >= 0.6 is 12.2 Å². The summed E-state index contributed by atoms with van der Waals surface area (Å²) in [7, 11) is 3.77. The lowest BCUT2D eigenvalue weighted by molar-refractivity contribution is 0.258. The van der Waals surface area contributed by atoms with Crippen molar-refractivity contribution >= 4 is 12.2 Å². The van der Waals surface area contributed by atoms with Crippen molar-refractivity contribution in [1.29, 1.82) is 0 Å². The van der Waals surface area contributed by atoms with E-state index in [2.05, 4.69) is 47.7 Å². The largest absolute Gasteiger partial charge is 0.497 e. The predicted octanol–water partition coefficient (Wildman–Crippen LogP) is 4.41. The van der Waals surface area contributed by atoms with Crippen molar-refractivity contribution in [3.63, 3.8) is 0 Å². The van der Waals surface area contributed by atoms with Crippen LogP contribution in [0.3, 0.4) is 0 Å². The van der Waals surface area contributed by atoms with Crippen LogP contribution in [0.15, 0.2) is 60.9 Å². The van der Waals surface area contributed by atoms with Crippen molar-refractivity contribution in [3.05, 3.63) is 76.8 Å². The second kappa shape index (κ2) is 7.68. The van der Waals surface area contributed by atoms with Gasteiger partial charge >= 0.3 is 0 Å². The number of methoxy groups -OCH3 is 1. The quantitative estimate of drug-likeness (QED) is 0.613. The number of hydrogen-bond donors (Lipinski definition) is 0. The van der Waals surface area contributed by atoms with Crippen LogP contribution in [-0.4, -0.2) is 28.2 Å². The van der Waals surface area contributed by atoms with Crippen molar-refractivity contribution in [3.8, 4) is 11.4 Å². The Labute approximate surface area is 153 Å². The van der Waals surface area contributed by atoms with Gasteiger partial charge in [0.2, 0.25) is 0 Å². The van der Waals surface area contributed by atoms with E-state index in [1.165, 1.54) is 11.1 Å². The number of aryl methyl sites for hydroxylation is 1. The minimum atomic E-state index is 0.746. The average molecular weight is 353 g/mol. The van der Waals surface area contributed by atoms with E-state index in [0.29, 0.717) is 0 Å². The number of benzene rings is 2. The molecule has 1 aromatic heterocycles. The Balaban J connectivity index is 1.72. The van der Waals surface area contributed by atoms with Gasteiger partial charge in [-0.3, -0.25) is 9.47 Å². The minimum absolute atomic E-state index is 0.746. The predicted molar refractivity (Wildman–Crippen MR) is 104 cm³/mol. The Morgan fingerprint density at radius 3 is 2.32 bits per heavy atom. The summed E-state index contributed by atoms with van der Waals surface area (Å²) in [6.07, 6.45) is 4.03.